The first-order valence-electron chi connectivity index (χ1n) is 8.82. The highest BCUT2D eigenvalue weighted by Crippen LogP contribution is 2.32. The molecule has 2 aliphatic heterocycles. The number of nitrogens with one attached hydrogen (secondary N) is 2. The van der Waals surface area contributed by atoms with Crippen LogP contribution in [0.15, 0.2) is 42.5 Å². The zero-order valence-electron chi connectivity index (χ0n) is 14.8. The number of nitrogens with zero attached hydrogens (tertiary/aromatic N) is 1. The van der Waals surface area contributed by atoms with Crippen molar-refractivity contribution in [3.8, 4) is 5.75 Å². The summed E-state index contributed by atoms with van der Waals surface area (Å²) in [7, 11) is 0. The van der Waals surface area contributed by atoms with E-state index in [-0.39, 0.29) is 29.7 Å². The summed E-state index contributed by atoms with van der Waals surface area (Å²) in [6.45, 7) is 0.338. The molecule has 0 bridgehead atoms. The molecule has 8 nitrogen and oxygen atoms in total. The predicted octanol–water partition coefficient (Wildman–Crippen LogP) is 1.41. The molecule has 1 saturated heterocycles. The Bertz CT molecular complexity index is 1020. The van der Waals surface area contributed by atoms with Gasteiger partial charge in [-0.25, -0.2) is 0 Å². The fourth-order valence-corrected chi connectivity index (χ4v) is 3.53. The number of piperidine rings is 1. The Morgan fingerprint density at radius 2 is 1.86 bits per heavy atom. The van der Waals surface area contributed by atoms with E-state index in [4.69, 9.17) is 0 Å². The number of phenols is 1. The lowest BCUT2D eigenvalue weighted by atomic mass is 10.0. The van der Waals surface area contributed by atoms with E-state index in [9.17, 15) is 24.3 Å². The van der Waals surface area contributed by atoms with Crippen LogP contribution in [0, 0.1) is 0 Å². The molecule has 0 aromatic heterocycles. The number of phenolic OH excluding ortho intramolecular Hbond substituents is 1. The van der Waals surface area contributed by atoms with Crippen LogP contribution in [-0.4, -0.2) is 39.7 Å². The molecule has 4 amide bonds. The van der Waals surface area contributed by atoms with Gasteiger partial charge in [-0.15, -0.1) is 0 Å². The molecule has 0 spiro atoms. The number of rotatable bonds is 4. The average Bonchev–Trinajstić information content (AvgIpc) is 2.92. The Morgan fingerprint density at radius 1 is 1.07 bits per heavy atom. The van der Waals surface area contributed by atoms with Gasteiger partial charge in [0.15, 0.2) is 0 Å². The molecule has 28 heavy (non-hydrogen) atoms. The Balaban J connectivity index is 1.61. The number of carbonyl (C=O) groups is 4. The molecule has 1 fully saturated rings. The lowest BCUT2D eigenvalue weighted by Gasteiger charge is -2.27. The van der Waals surface area contributed by atoms with Crippen LogP contribution in [0.2, 0.25) is 0 Å². The highest BCUT2D eigenvalue weighted by molar-refractivity contribution is 6.25. The summed E-state index contributed by atoms with van der Waals surface area (Å²) in [5.41, 5.74) is 1.69. The van der Waals surface area contributed by atoms with E-state index in [1.807, 2.05) is 6.07 Å². The van der Waals surface area contributed by atoms with Gasteiger partial charge in [0.1, 0.15) is 11.8 Å². The molecule has 2 aliphatic rings. The Morgan fingerprint density at radius 3 is 2.61 bits per heavy atom. The number of benzene rings is 2. The number of carbonyl (C=O) groups excluding carboxylic acids is 4. The van der Waals surface area contributed by atoms with Crippen LogP contribution in [0.25, 0.3) is 0 Å². The van der Waals surface area contributed by atoms with Crippen molar-refractivity contribution in [3.05, 3.63) is 59.2 Å². The van der Waals surface area contributed by atoms with Gasteiger partial charge in [0.2, 0.25) is 11.8 Å². The van der Waals surface area contributed by atoms with Crippen molar-refractivity contribution in [2.45, 2.75) is 25.4 Å². The number of aromatic hydroxyl groups is 1. The third-order valence-corrected chi connectivity index (χ3v) is 4.86. The number of imide groups is 2. The molecular weight excluding hydrogens is 362 g/mol. The summed E-state index contributed by atoms with van der Waals surface area (Å²) in [4.78, 5) is 50.2. The van der Waals surface area contributed by atoms with Gasteiger partial charge in [0.25, 0.3) is 11.8 Å². The summed E-state index contributed by atoms with van der Waals surface area (Å²) >= 11 is 0. The number of fused-ring (bicyclic) bond motifs is 1. The van der Waals surface area contributed by atoms with Crippen molar-refractivity contribution in [3.63, 3.8) is 0 Å². The maximum atomic E-state index is 13.0. The van der Waals surface area contributed by atoms with Crippen LogP contribution in [0.3, 0.4) is 0 Å². The highest BCUT2D eigenvalue weighted by Gasteiger charge is 2.45. The summed E-state index contributed by atoms with van der Waals surface area (Å²) in [5.74, 6) is -2.02. The number of amides is 4. The normalized spacial score (nSPS) is 18.9. The van der Waals surface area contributed by atoms with Gasteiger partial charge in [0, 0.05) is 18.7 Å². The lowest BCUT2D eigenvalue weighted by Crippen LogP contribution is -2.54. The summed E-state index contributed by atoms with van der Waals surface area (Å²) in [6, 6.07) is 10.6. The SMILES string of the molecule is O=C1CCC(N2C(=O)c3cccc(NCc4cccc(O)c4)c3C2=O)C(=O)N1. The number of anilines is 1. The minimum atomic E-state index is -0.996. The third kappa shape index (κ3) is 2.98. The van der Waals surface area contributed by atoms with Crippen LogP contribution in [-0.2, 0) is 16.1 Å². The summed E-state index contributed by atoms with van der Waals surface area (Å²) < 4.78 is 0. The first-order valence-corrected chi connectivity index (χ1v) is 8.82. The van der Waals surface area contributed by atoms with E-state index >= 15 is 0 Å². The molecule has 3 N–H and O–H groups in total. The first kappa shape index (κ1) is 17.7. The van der Waals surface area contributed by atoms with E-state index < -0.39 is 29.7 Å². The van der Waals surface area contributed by atoms with Crippen LogP contribution >= 0.6 is 0 Å². The van der Waals surface area contributed by atoms with Crippen molar-refractivity contribution >= 4 is 29.3 Å². The van der Waals surface area contributed by atoms with Gasteiger partial charge in [-0.3, -0.25) is 29.4 Å². The van der Waals surface area contributed by atoms with Gasteiger partial charge < -0.3 is 10.4 Å². The molecule has 142 valence electrons. The second-order valence-electron chi connectivity index (χ2n) is 6.70. The number of hydrogen-bond acceptors (Lipinski definition) is 6. The quantitative estimate of drug-likeness (QED) is 0.692. The summed E-state index contributed by atoms with van der Waals surface area (Å²) in [6.07, 6.45) is 0.189. The van der Waals surface area contributed by atoms with Crippen LogP contribution in [0.5, 0.6) is 5.75 Å². The van der Waals surface area contributed by atoms with Crippen molar-refractivity contribution < 1.29 is 24.3 Å². The molecule has 2 heterocycles. The van der Waals surface area contributed by atoms with E-state index in [1.54, 1.807) is 36.4 Å². The Kier molecular flexibility index (Phi) is 4.31. The van der Waals surface area contributed by atoms with E-state index in [0.717, 1.165) is 10.5 Å². The molecule has 2 aromatic carbocycles. The second-order valence-corrected chi connectivity index (χ2v) is 6.70. The van der Waals surface area contributed by atoms with Gasteiger partial charge in [-0.1, -0.05) is 18.2 Å². The van der Waals surface area contributed by atoms with Gasteiger partial charge >= 0.3 is 0 Å². The van der Waals surface area contributed by atoms with Crippen molar-refractivity contribution in [1.29, 1.82) is 0 Å². The molecule has 8 heteroatoms. The minimum Gasteiger partial charge on any atom is -0.508 e. The highest BCUT2D eigenvalue weighted by atomic mass is 16.3. The third-order valence-electron chi connectivity index (χ3n) is 4.86. The standard InChI is InChI=1S/C20H17N3O5/c24-12-4-1-3-11(9-12)10-21-14-6-2-5-13-17(14)20(28)23(19(13)27)15-7-8-16(25)22-18(15)26/h1-6,9,15,21,24H,7-8,10H2,(H,22,25,26). The fraction of sp³-hybridized carbons (Fsp3) is 0.200. The lowest BCUT2D eigenvalue weighted by molar-refractivity contribution is -0.136. The molecule has 0 radical (unpaired) electrons. The molecule has 0 saturated carbocycles. The topological polar surface area (TPSA) is 116 Å². The second kappa shape index (κ2) is 6.80. The summed E-state index contributed by atoms with van der Waals surface area (Å²) in [5, 5.41) is 14.9. The van der Waals surface area contributed by atoms with Crippen LogP contribution in [0.4, 0.5) is 5.69 Å². The molecule has 0 aliphatic carbocycles. The molecule has 2 aromatic rings. The average molecular weight is 379 g/mol. The van der Waals surface area contributed by atoms with E-state index in [1.165, 1.54) is 0 Å². The van der Waals surface area contributed by atoms with Crippen molar-refractivity contribution in [2.24, 2.45) is 0 Å². The zero-order valence-corrected chi connectivity index (χ0v) is 14.8. The Labute approximate surface area is 160 Å². The van der Waals surface area contributed by atoms with Gasteiger partial charge in [0.05, 0.1) is 11.1 Å². The molecule has 4 rings (SSSR count). The van der Waals surface area contributed by atoms with Crippen LogP contribution < -0.4 is 10.6 Å². The first-order chi connectivity index (χ1) is 13.5. The Hall–Kier alpha value is -3.68. The maximum absolute atomic E-state index is 13.0. The van der Waals surface area contributed by atoms with Crippen molar-refractivity contribution in [1.82, 2.24) is 10.2 Å². The van der Waals surface area contributed by atoms with E-state index in [0.29, 0.717) is 12.2 Å². The van der Waals surface area contributed by atoms with Crippen LogP contribution in [0.1, 0.15) is 39.1 Å². The molecule has 1 unspecified atom stereocenters. The van der Waals surface area contributed by atoms with Gasteiger partial charge in [-0.2, -0.15) is 0 Å². The smallest absolute Gasteiger partial charge is 0.264 e. The molecular formula is C20H17N3O5. The molecule has 1 atom stereocenters. The minimum absolute atomic E-state index is 0.0758. The zero-order chi connectivity index (χ0) is 19.8. The predicted molar refractivity (Wildman–Crippen MR) is 98.5 cm³/mol. The fourth-order valence-electron chi connectivity index (χ4n) is 3.53. The monoisotopic (exact) mass is 379 g/mol. The van der Waals surface area contributed by atoms with E-state index in [2.05, 4.69) is 10.6 Å². The maximum Gasteiger partial charge on any atom is 0.264 e. The largest absolute Gasteiger partial charge is 0.508 e. The number of hydrogen-bond donors (Lipinski definition) is 3. The van der Waals surface area contributed by atoms with Gasteiger partial charge in [-0.05, 0) is 36.2 Å². The van der Waals surface area contributed by atoms with Crippen molar-refractivity contribution in [2.75, 3.05) is 5.32 Å².